The summed E-state index contributed by atoms with van der Waals surface area (Å²) < 4.78 is 6.81. The molecule has 2 rings (SSSR count). The molecule has 1 amide bonds. The minimum Gasteiger partial charge on any atom is -0.389 e. The Morgan fingerprint density at radius 3 is 2.82 bits per heavy atom. The lowest BCUT2D eigenvalue weighted by atomic mass is 9.89. The Morgan fingerprint density at radius 2 is 2.29 bits per heavy atom. The molecule has 1 saturated heterocycles. The van der Waals surface area contributed by atoms with E-state index in [1.54, 1.807) is 17.8 Å². The van der Waals surface area contributed by atoms with Gasteiger partial charge < -0.3 is 15.6 Å². The number of carbonyl (C=O) groups excluding carboxylic acids is 1. The first kappa shape index (κ1) is 12.1. The lowest BCUT2D eigenvalue weighted by Crippen LogP contribution is -2.38. The van der Waals surface area contributed by atoms with Crippen LogP contribution in [0, 0.1) is 0 Å². The molecule has 1 aliphatic heterocycles. The van der Waals surface area contributed by atoms with Crippen LogP contribution < -0.4 is 5.73 Å². The summed E-state index contributed by atoms with van der Waals surface area (Å²) in [6.07, 6.45) is 1.67. The molecule has 3 N–H and O–H groups in total. The molecule has 0 bridgehead atoms. The highest BCUT2D eigenvalue weighted by Crippen LogP contribution is 2.25. The van der Waals surface area contributed by atoms with Crippen LogP contribution >= 0.6 is 0 Å². The molecule has 1 aromatic heterocycles. The number of hydrogen-bond donors (Lipinski definition) is 2. The van der Waals surface area contributed by atoms with Gasteiger partial charge in [-0.05, 0) is 18.9 Å². The van der Waals surface area contributed by atoms with Crippen molar-refractivity contribution in [2.24, 2.45) is 12.8 Å². The highest BCUT2D eigenvalue weighted by atomic mass is 16.5. The minimum absolute atomic E-state index is 0.234. The van der Waals surface area contributed by atoms with Gasteiger partial charge in [-0.2, -0.15) is 5.10 Å². The second kappa shape index (κ2) is 4.46. The van der Waals surface area contributed by atoms with Crippen molar-refractivity contribution in [1.29, 1.82) is 0 Å². The van der Waals surface area contributed by atoms with Gasteiger partial charge in [0.1, 0.15) is 5.69 Å². The van der Waals surface area contributed by atoms with Crippen molar-refractivity contribution in [3.05, 3.63) is 17.5 Å². The third kappa shape index (κ3) is 2.65. The maximum absolute atomic E-state index is 11.0. The standard InChI is InChI=1S/C11H17N3O3/c1-14-8(6-9(13-14)10(12)15)7-11(16)2-4-17-5-3-11/h6,16H,2-5,7H2,1H3,(H2,12,15). The van der Waals surface area contributed by atoms with Gasteiger partial charge in [0.15, 0.2) is 0 Å². The first-order chi connectivity index (χ1) is 8.00. The monoisotopic (exact) mass is 239 g/mol. The van der Waals surface area contributed by atoms with Crippen molar-refractivity contribution in [3.8, 4) is 0 Å². The zero-order chi connectivity index (χ0) is 12.5. The Morgan fingerprint density at radius 1 is 1.65 bits per heavy atom. The van der Waals surface area contributed by atoms with Gasteiger partial charge in [0.2, 0.25) is 0 Å². The SMILES string of the molecule is Cn1nc(C(N)=O)cc1CC1(O)CCOCC1. The highest BCUT2D eigenvalue weighted by Gasteiger charge is 2.31. The van der Waals surface area contributed by atoms with Gasteiger partial charge in [-0.15, -0.1) is 0 Å². The van der Waals surface area contributed by atoms with Crippen LogP contribution in [-0.4, -0.2) is 39.6 Å². The number of primary amides is 1. The molecule has 0 aliphatic carbocycles. The lowest BCUT2D eigenvalue weighted by Gasteiger charge is -2.31. The molecule has 2 heterocycles. The number of ether oxygens (including phenoxy) is 1. The summed E-state index contributed by atoms with van der Waals surface area (Å²) in [7, 11) is 1.74. The lowest BCUT2D eigenvalue weighted by molar-refractivity contribution is -0.0635. The van der Waals surface area contributed by atoms with E-state index in [4.69, 9.17) is 10.5 Å². The van der Waals surface area contributed by atoms with Gasteiger partial charge in [0.25, 0.3) is 5.91 Å². The number of nitrogens with two attached hydrogens (primary N) is 1. The molecule has 0 aromatic carbocycles. The molecule has 17 heavy (non-hydrogen) atoms. The molecule has 6 heteroatoms. The van der Waals surface area contributed by atoms with Crippen LogP contribution in [-0.2, 0) is 18.2 Å². The third-order valence-corrected chi connectivity index (χ3v) is 3.16. The summed E-state index contributed by atoms with van der Waals surface area (Å²) >= 11 is 0. The van der Waals surface area contributed by atoms with Gasteiger partial charge in [-0.3, -0.25) is 9.48 Å². The van der Waals surface area contributed by atoms with Crippen LogP contribution in [0.5, 0.6) is 0 Å². The van der Waals surface area contributed by atoms with Crippen molar-refractivity contribution in [3.63, 3.8) is 0 Å². The van der Waals surface area contributed by atoms with Crippen LogP contribution in [0.2, 0.25) is 0 Å². The van der Waals surface area contributed by atoms with Crippen molar-refractivity contribution >= 4 is 5.91 Å². The normalized spacial score (nSPS) is 19.2. The molecule has 0 spiro atoms. The molecule has 1 aromatic rings. The van der Waals surface area contributed by atoms with E-state index >= 15 is 0 Å². The fourth-order valence-electron chi connectivity index (χ4n) is 2.06. The molecule has 0 radical (unpaired) electrons. The molecule has 0 unspecified atom stereocenters. The summed E-state index contributed by atoms with van der Waals surface area (Å²) in [4.78, 5) is 11.0. The zero-order valence-corrected chi connectivity index (χ0v) is 9.85. The van der Waals surface area contributed by atoms with Crippen LogP contribution in [0.1, 0.15) is 29.0 Å². The Labute approximate surface area is 99.4 Å². The Kier molecular flexibility index (Phi) is 3.17. The van der Waals surface area contributed by atoms with Gasteiger partial charge in [0, 0.05) is 32.4 Å². The summed E-state index contributed by atoms with van der Waals surface area (Å²) in [6, 6.07) is 1.63. The molecule has 0 atom stereocenters. The first-order valence-electron chi connectivity index (χ1n) is 5.63. The van der Waals surface area contributed by atoms with Crippen molar-refractivity contribution < 1.29 is 14.6 Å². The van der Waals surface area contributed by atoms with Crippen LogP contribution in [0.3, 0.4) is 0 Å². The Bertz CT molecular complexity index is 422. The number of rotatable bonds is 3. The fraction of sp³-hybridized carbons (Fsp3) is 0.636. The topological polar surface area (TPSA) is 90.4 Å². The number of nitrogens with zero attached hydrogens (tertiary/aromatic N) is 2. The van der Waals surface area contributed by atoms with Crippen molar-refractivity contribution in [2.75, 3.05) is 13.2 Å². The third-order valence-electron chi connectivity index (χ3n) is 3.16. The minimum atomic E-state index is -0.763. The molecule has 1 aliphatic rings. The number of carbonyl (C=O) groups is 1. The first-order valence-corrected chi connectivity index (χ1v) is 5.63. The van der Waals surface area contributed by atoms with Gasteiger partial charge >= 0.3 is 0 Å². The Balaban J connectivity index is 2.14. The van der Waals surface area contributed by atoms with E-state index in [1.807, 2.05) is 0 Å². The average Bonchev–Trinajstić information content (AvgIpc) is 2.61. The van der Waals surface area contributed by atoms with Crippen molar-refractivity contribution in [1.82, 2.24) is 9.78 Å². The van der Waals surface area contributed by atoms with Gasteiger partial charge in [-0.25, -0.2) is 0 Å². The number of hydrogen-bond acceptors (Lipinski definition) is 4. The molecule has 94 valence electrons. The van der Waals surface area contributed by atoms with Gasteiger partial charge in [0.05, 0.1) is 5.60 Å². The maximum atomic E-state index is 11.0. The van der Waals surface area contributed by atoms with Gasteiger partial charge in [-0.1, -0.05) is 0 Å². The number of aryl methyl sites for hydroxylation is 1. The largest absolute Gasteiger partial charge is 0.389 e. The van der Waals surface area contributed by atoms with Crippen LogP contribution in [0.4, 0.5) is 0 Å². The maximum Gasteiger partial charge on any atom is 0.269 e. The van der Waals surface area contributed by atoms with E-state index in [-0.39, 0.29) is 5.69 Å². The smallest absolute Gasteiger partial charge is 0.269 e. The van der Waals surface area contributed by atoms with E-state index in [1.165, 1.54) is 0 Å². The molecular weight excluding hydrogens is 222 g/mol. The van der Waals surface area contributed by atoms with E-state index in [9.17, 15) is 9.90 Å². The molecule has 1 fully saturated rings. The number of aliphatic hydroxyl groups is 1. The predicted octanol–water partition coefficient (Wildman–Crippen LogP) is -0.397. The number of aromatic nitrogens is 2. The quantitative estimate of drug-likeness (QED) is 0.751. The fourth-order valence-corrected chi connectivity index (χ4v) is 2.06. The summed E-state index contributed by atoms with van der Waals surface area (Å²) in [5.41, 5.74) is 5.44. The van der Waals surface area contributed by atoms with E-state index < -0.39 is 11.5 Å². The molecule has 0 saturated carbocycles. The van der Waals surface area contributed by atoms with E-state index in [0.717, 1.165) is 5.69 Å². The number of amides is 1. The van der Waals surface area contributed by atoms with Crippen LogP contribution in [0.25, 0.3) is 0 Å². The summed E-state index contributed by atoms with van der Waals surface area (Å²) in [6.45, 7) is 1.13. The molecule has 6 nitrogen and oxygen atoms in total. The summed E-state index contributed by atoms with van der Waals surface area (Å²) in [5.74, 6) is -0.550. The van der Waals surface area contributed by atoms with Crippen LogP contribution in [0.15, 0.2) is 6.07 Å². The average molecular weight is 239 g/mol. The summed E-state index contributed by atoms with van der Waals surface area (Å²) in [5, 5.41) is 14.4. The predicted molar refractivity (Wildman–Crippen MR) is 60.4 cm³/mol. The zero-order valence-electron chi connectivity index (χ0n) is 9.85. The van der Waals surface area contributed by atoms with E-state index in [2.05, 4.69) is 5.10 Å². The Hall–Kier alpha value is -1.40. The second-order valence-electron chi connectivity index (χ2n) is 4.52. The second-order valence-corrected chi connectivity index (χ2v) is 4.52. The van der Waals surface area contributed by atoms with Crippen molar-refractivity contribution in [2.45, 2.75) is 24.9 Å². The van der Waals surface area contributed by atoms with E-state index in [0.29, 0.717) is 32.5 Å². The molecular formula is C11H17N3O3. The highest BCUT2D eigenvalue weighted by molar-refractivity contribution is 5.90.